The molecule has 0 bridgehead atoms. The third-order valence-corrected chi connectivity index (χ3v) is 5.49. The minimum atomic E-state index is 0.0997. The first-order valence-electron chi connectivity index (χ1n) is 10.2. The molecule has 0 amide bonds. The van der Waals surface area contributed by atoms with Gasteiger partial charge in [0.1, 0.15) is 23.2 Å². The first kappa shape index (κ1) is 19.2. The number of aromatic nitrogens is 2. The van der Waals surface area contributed by atoms with Crippen molar-refractivity contribution in [3.05, 3.63) is 77.1 Å². The Morgan fingerprint density at radius 3 is 2.72 bits per heavy atom. The highest BCUT2D eigenvalue weighted by molar-refractivity contribution is 5.51. The Kier molecular flexibility index (Phi) is 5.65. The van der Waals surface area contributed by atoms with Gasteiger partial charge in [0.25, 0.3) is 0 Å². The average Bonchev–Trinajstić information content (AvgIpc) is 2.73. The van der Waals surface area contributed by atoms with Crippen LogP contribution in [0.3, 0.4) is 0 Å². The van der Waals surface area contributed by atoms with Gasteiger partial charge in [0, 0.05) is 6.07 Å². The number of methoxy groups -OCH3 is 1. The molecule has 1 unspecified atom stereocenters. The number of hydrogen-bond donors (Lipinski definition) is 2. The van der Waals surface area contributed by atoms with Gasteiger partial charge in [0.2, 0.25) is 0 Å². The van der Waals surface area contributed by atoms with Crippen LogP contribution in [0.5, 0.6) is 5.75 Å². The zero-order valence-electron chi connectivity index (χ0n) is 17.3. The highest BCUT2D eigenvalue weighted by Crippen LogP contribution is 2.32. The highest BCUT2D eigenvalue weighted by atomic mass is 16.5. The molecule has 1 aromatic heterocycles. The summed E-state index contributed by atoms with van der Waals surface area (Å²) in [7, 11) is 1.69. The van der Waals surface area contributed by atoms with E-state index < -0.39 is 0 Å². The fraction of sp³-hybridized carbons (Fsp3) is 0.333. The van der Waals surface area contributed by atoms with Crippen LogP contribution in [0.4, 0.5) is 11.6 Å². The third kappa shape index (κ3) is 4.50. The first-order chi connectivity index (χ1) is 14.1. The number of hydrogen-bond acceptors (Lipinski definition) is 5. The van der Waals surface area contributed by atoms with Crippen LogP contribution < -0.4 is 15.4 Å². The average molecular weight is 389 g/mol. The maximum Gasteiger partial charge on any atom is 0.132 e. The van der Waals surface area contributed by atoms with E-state index in [-0.39, 0.29) is 12.1 Å². The van der Waals surface area contributed by atoms with E-state index in [1.54, 1.807) is 7.11 Å². The summed E-state index contributed by atoms with van der Waals surface area (Å²) < 4.78 is 5.34. The highest BCUT2D eigenvalue weighted by Gasteiger charge is 2.20. The van der Waals surface area contributed by atoms with E-state index >= 15 is 0 Å². The maximum atomic E-state index is 5.34. The summed E-state index contributed by atoms with van der Waals surface area (Å²) in [6.07, 6.45) is 3.46. The molecule has 1 aliphatic rings. The van der Waals surface area contributed by atoms with Crippen molar-refractivity contribution in [2.75, 3.05) is 17.7 Å². The summed E-state index contributed by atoms with van der Waals surface area (Å²) in [4.78, 5) is 9.21. The van der Waals surface area contributed by atoms with Gasteiger partial charge in [-0.05, 0) is 61.9 Å². The van der Waals surface area contributed by atoms with Crippen molar-refractivity contribution in [2.24, 2.45) is 0 Å². The molecule has 3 aromatic rings. The predicted molar refractivity (Wildman–Crippen MR) is 118 cm³/mol. The van der Waals surface area contributed by atoms with Crippen molar-refractivity contribution < 1.29 is 4.74 Å². The van der Waals surface area contributed by atoms with Crippen LogP contribution in [0.2, 0.25) is 0 Å². The van der Waals surface area contributed by atoms with E-state index in [0.717, 1.165) is 41.6 Å². The van der Waals surface area contributed by atoms with Crippen molar-refractivity contribution in [1.82, 2.24) is 9.97 Å². The zero-order chi connectivity index (χ0) is 20.2. The van der Waals surface area contributed by atoms with Gasteiger partial charge in [0.15, 0.2) is 0 Å². The molecule has 0 saturated heterocycles. The number of rotatable bonds is 6. The second-order valence-electron chi connectivity index (χ2n) is 7.62. The Labute approximate surface area is 172 Å². The third-order valence-electron chi connectivity index (χ3n) is 5.49. The molecule has 2 N–H and O–H groups in total. The number of fused-ring (bicyclic) bond motifs is 1. The van der Waals surface area contributed by atoms with Gasteiger partial charge in [-0.2, -0.15) is 0 Å². The predicted octanol–water partition coefficient (Wildman–Crippen LogP) is 5.46. The number of nitrogens with one attached hydrogen (secondary N) is 2. The Morgan fingerprint density at radius 2 is 1.86 bits per heavy atom. The largest absolute Gasteiger partial charge is 0.497 e. The molecule has 4 rings (SSSR count). The zero-order valence-corrected chi connectivity index (χ0v) is 17.3. The topological polar surface area (TPSA) is 59.1 Å². The van der Waals surface area contributed by atoms with Crippen molar-refractivity contribution in [2.45, 2.75) is 45.2 Å². The van der Waals surface area contributed by atoms with Gasteiger partial charge >= 0.3 is 0 Å². The van der Waals surface area contributed by atoms with Crippen LogP contribution >= 0.6 is 0 Å². The number of ether oxygens (including phenoxy) is 1. The molecule has 5 nitrogen and oxygen atoms in total. The van der Waals surface area contributed by atoms with Crippen LogP contribution in [-0.4, -0.2) is 17.1 Å². The van der Waals surface area contributed by atoms with Crippen molar-refractivity contribution in [3.63, 3.8) is 0 Å². The first-order valence-corrected chi connectivity index (χ1v) is 10.2. The fourth-order valence-electron chi connectivity index (χ4n) is 4.01. The van der Waals surface area contributed by atoms with Gasteiger partial charge < -0.3 is 15.4 Å². The quantitative estimate of drug-likeness (QED) is 0.587. The van der Waals surface area contributed by atoms with Crippen LogP contribution in [0.15, 0.2) is 54.6 Å². The lowest BCUT2D eigenvalue weighted by molar-refractivity contribution is 0.414. The van der Waals surface area contributed by atoms with Gasteiger partial charge in [-0.3, -0.25) is 0 Å². The molecule has 2 atom stereocenters. The second-order valence-corrected chi connectivity index (χ2v) is 7.62. The van der Waals surface area contributed by atoms with Crippen LogP contribution in [0.1, 0.15) is 54.4 Å². The molecule has 29 heavy (non-hydrogen) atoms. The fourth-order valence-corrected chi connectivity index (χ4v) is 4.01. The van der Waals surface area contributed by atoms with E-state index in [1.807, 2.05) is 31.2 Å². The monoisotopic (exact) mass is 388 g/mol. The smallest absolute Gasteiger partial charge is 0.132 e. The van der Waals surface area contributed by atoms with E-state index in [2.05, 4.69) is 57.9 Å². The molecule has 0 radical (unpaired) electrons. The van der Waals surface area contributed by atoms with E-state index in [1.165, 1.54) is 17.5 Å². The molecule has 0 saturated carbocycles. The van der Waals surface area contributed by atoms with Gasteiger partial charge in [-0.15, -0.1) is 0 Å². The Bertz CT molecular complexity index is 988. The molecule has 0 fully saturated rings. The van der Waals surface area contributed by atoms with Crippen LogP contribution in [0, 0.1) is 6.92 Å². The van der Waals surface area contributed by atoms with E-state index in [9.17, 15) is 0 Å². The lowest BCUT2D eigenvalue weighted by atomic mass is 9.88. The molecule has 150 valence electrons. The normalized spacial score (nSPS) is 16.6. The second kappa shape index (κ2) is 8.52. The summed E-state index contributed by atoms with van der Waals surface area (Å²) in [5.74, 6) is 3.28. The minimum Gasteiger partial charge on any atom is -0.497 e. The molecule has 0 spiro atoms. The molecule has 0 aliphatic heterocycles. The number of benzene rings is 2. The standard InChI is InChI=1S/C24H28N4O/c1-16(19-10-6-11-20(14-19)29-3)25-23-15-24(27-17(2)26-23)28-22-13-7-9-18-8-4-5-12-21(18)22/h4-6,8,10-12,14-16,22H,7,9,13H2,1-3H3,(H2,25,26,27,28)/t16?,22-/m1/s1. The van der Waals surface area contributed by atoms with Crippen LogP contribution in [-0.2, 0) is 6.42 Å². The molecule has 1 aliphatic carbocycles. The summed E-state index contributed by atoms with van der Waals surface area (Å²) in [5.41, 5.74) is 3.97. The van der Waals surface area contributed by atoms with E-state index in [0.29, 0.717) is 0 Å². The lowest BCUT2D eigenvalue weighted by Crippen LogP contribution is -2.18. The summed E-state index contributed by atoms with van der Waals surface area (Å²) >= 11 is 0. The van der Waals surface area contributed by atoms with E-state index in [4.69, 9.17) is 4.74 Å². The summed E-state index contributed by atoms with van der Waals surface area (Å²) in [6, 6.07) is 19.2. The lowest BCUT2D eigenvalue weighted by Gasteiger charge is -2.27. The van der Waals surface area contributed by atoms with Crippen molar-refractivity contribution in [1.29, 1.82) is 0 Å². The summed E-state index contributed by atoms with van der Waals surface area (Å²) in [6.45, 7) is 4.05. The number of aryl methyl sites for hydroxylation is 2. The molecule has 2 aromatic carbocycles. The number of nitrogens with zero attached hydrogens (tertiary/aromatic N) is 2. The van der Waals surface area contributed by atoms with Crippen molar-refractivity contribution in [3.8, 4) is 5.75 Å². The number of anilines is 2. The Morgan fingerprint density at radius 1 is 1.03 bits per heavy atom. The maximum absolute atomic E-state index is 5.34. The van der Waals surface area contributed by atoms with Gasteiger partial charge in [0.05, 0.1) is 19.2 Å². The summed E-state index contributed by atoms with van der Waals surface area (Å²) in [5, 5.41) is 7.14. The Balaban J connectivity index is 1.52. The molecular formula is C24H28N4O. The Hall–Kier alpha value is -3.08. The molecular weight excluding hydrogens is 360 g/mol. The SMILES string of the molecule is COc1cccc(C(C)Nc2cc(N[C@@H]3CCCc4ccccc43)nc(C)n2)c1. The minimum absolute atomic E-state index is 0.0997. The van der Waals surface area contributed by atoms with Crippen LogP contribution in [0.25, 0.3) is 0 Å². The molecule has 1 heterocycles. The van der Waals surface area contributed by atoms with Gasteiger partial charge in [-0.25, -0.2) is 9.97 Å². The van der Waals surface area contributed by atoms with Gasteiger partial charge in [-0.1, -0.05) is 36.4 Å². The van der Waals surface area contributed by atoms with Crippen molar-refractivity contribution >= 4 is 11.6 Å². The molecule has 5 heteroatoms.